The van der Waals surface area contributed by atoms with Crippen LogP contribution in [0.3, 0.4) is 0 Å². The van der Waals surface area contributed by atoms with Crippen LogP contribution >= 0.6 is 11.3 Å². The number of rotatable bonds is 5. The van der Waals surface area contributed by atoms with Crippen molar-refractivity contribution in [2.45, 2.75) is 46.0 Å². The summed E-state index contributed by atoms with van der Waals surface area (Å²) in [5.74, 6) is 0.161. The molecule has 0 saturated heterocycles. The summed E-state index contributed by atoms with van der Waals surface area (Å²) in [6, 6.07) is 0. The number of hydrogen-bond acceptors (Lipinski definition) is 4. The number of nitrogens with zero attached hydrogens (tertiary/aromatic N) is 1. The molecule has 4 nitrogen and oxygen atoms in total. The third-order valence-electron chi connectivity index (χ3n) is 2.28. The van der Waals surface area contributed by atoms with Crippen LogP contribution in [0, 0.1) is 0 Å². The predicted molar refractivity (Wildman–Crippen MR) is 73.1 cm³/mol. The zero-order valence-corrected chi connectivity index (χ0v) is 12.4. The molecule has 0 spiro atoms. The second-order valence-corrected chi connectivity index (χ2v) is 7.76. The molecule has 0 aliphatic heterocycles. The molecule has 0 aliphatic carbocycles. The van der Waals surface area contributed by atoms with Crippen LogP contribution in [-0.2, 0) is 15.4 Å². The predicted octanol–water partition coefficient (Wildman–Crippen LogP) is 2.98. The van der Waals surface area contributed by atoms with E-state index in [0.29, 0.717) is 11.6 Å². The summed E-state index contributed by atoms with van der Waals surface area (Å²) in [7, 11) is -3.23. The summed E-state index contributed by atoms with van der Waals surface area (Å²) in [4.78, 5) is 4.30. The highest BCUT2D eigenvalue weighted by molar-refractivity contribution is 7.92. The summed E-state index contributed by atoms with van der Waals surface area (Å²) in [5.41, 5.74) is 0.861. The minimum atomic E-state index is -3.23. The molecule has 0 bridgehead atoms. The molecule has 98 valence electrons. The summed E-state index contributed by atoms with van der Waals surface area (Å²) < 4.78 is 25.9. The van der Waals surface area contributed by atoms with Crippen molar-refractivity contribution >= 4 is 26.5 Å². The van der Waals surface area contributed by atoms with Gasteiger partial charge < -0.3 is 0 Å². The lowest BCUT2D eigenvalue weighted by Gasteiger charge is -2.14. The van der Waals surface area contributed by atoms with Crippen molar-refractivity contribution in [3.63, 3.8) is 0 Å². The maximum absolute atomic E-state index is 11.7. The van der Waals surface area contributed by atoms with Crippen molar-refractivity contribution in [2.24, 2.45) is 0 Å². The molecule has 1 aromatic rings. The van der Waals surface area contributed by atoms with Crippen LogP contribution in [0.5, 0.6) is 0 Å². The van der Waals surface area contributed by atoms with Crippen molar-refractivity contribution in [1.82, 2.24) is 4.98 Å². The average Bonchev–Trinajstić information content (AvgIpc) is 2.62. The first kappa shape index (κ1) is 14.4. The number of nitrogens with one attached hydrogen (secondary N) is 1. The highest BCUT2D eigenvalue weighted by atomic mass is 32.2. The normalized spacial score (nSPS) is 12.7. The van der Waals surface area contributed by atoms with Gasteiger partial charge in [-0.05, 0) is 6.42 Å². The first-order chi connectivity index (χ1) is 7.74. The van der Waals surface area contributed by atoms with Gasteiger partial charge in [-0.25, -0.2) is 13.4 Å². The van der Waals surface area contributed by atoms with Gasteiger partial charge >= 0.3 is 0 Å². The summed E-state index contributed by atoms with van der Waals surface area (Å²) in [5, 5.41) is 2.36. The van der Waals surface area contributed by atoms with Crippen LogP contribution in [0.15, 0.2) is 5.38 Å². The minimum Gasteiger partial charge on any atom is -0.259 e. The van der Waals surface area contributed by atoms with Gasteiger partial charge in [-0.2, -0.15) is 0 Å². The molecule has 0 amide bonds. The van der Waals surface area contributed by atoms with Crippen LogP contribution in [0.4, 0.5) is 5.13 Å². The van der Waals surface area contributed by atoms with Crippen molar-refractivity contribution in [3.05, 3.63) is 11.1 Å². The summed E-state index contributed by atoms with van der Waals surface area (Å²) >= 11 is 1.34. The molecule has 1 rings (SSSR count). The van der Waals surface area contributed by atoms with Gasteiger partial charge in [-0.1, -0.05) is 34.1 Å². The standard InChI is InChI=1S/C11H20N2O2S2/c1-5-6-7-17(14,15)13-10-12-9(8-16-10)11(2,3)4/h8H,5-7H2,1-4H3,(H,12,13). The van der Waals surface area contributed by atoms with Gasteiger partial charge in [0.1, 0.15) is 0 Å². The molecule has 0 atom stereocenters. The summed E-state index contributed by atoms with van der Waals surface area (Å²) in [6.07, 6.45) is 1.54. The molecule has 0 unspecified atom stereocenters. The molecule has 17 heavy (non-hydrogen) atoms. The number of anilines is 1. The molecule has 0 radical (unpaired) electrons. The van der Waals surface area contributed by atoms with E-state index >= 15 is 0 Å². The smallest absolute Gasteiger partial charge is 0.234 e. The molecule has 6 heteroatoms. The van der Waals surface area contributed by atoms with E-state index in [2.05, 4.69) is 30.5 Å². The fourth-order valence-corrected chi connectivity index (χ4v) is 3.62. The van der Waals surface area contributed by atoms with Gasteiger partial charge in [0, 0.05) is 10.8 Å². The monoisotopic (exact) mass is 276 g/mol. The van der Waals surface area contributed by atoms with Crippen molar-refractivity contribution < 1.29 is 8.42 Å². The molecular weight excluding hydrogens is 256 g/mol. The molecular formula is C11H20N2O2S2. The van der Waals surface area contributed by atoms with E-state index < -0.39 is 10.0 Å². The molecule has 0 fully saturated rings. The Morgan fingerprint density at radius 3 is 2.53 bits per heavy atom. The topological polar surface area (TPSA) is 59.1 Å². The number of hydrogen-bond donors (Lipinski definition) is 1. The molecule has 0 saturated carbocycles. The first-order valence-corrected chi connectivity index (χ1v) is 8.24. The second kappa shape index (κ2) is 5.35. The van der Waals surface area contributed by atoms with Crippen LogP contribution < -0.4 is 4.72 Å². The minimum absolute atomic E-state index is 0.0520. The van der Waals surface area contributed by atoms with Crippen molar-refractivity contribution in [3.8, 4) is 0 Å². The lowest BCUT2D eigenvalue weighted by Crippen LogP contribution is -2.17. The Labute approximate surface area is 108 Å². The van der Waals surface area contributed by atoms with Gasteiger partial charge in [0.15, 0.2) is 5.13 Å². The van der Waals surface area contributed by atoms with Gasteiger partial charge in [-0.3, -0.25) is 4.72 Å². The number of unbranched alkanes of at least 4 members (excludes halogenated alkanes) is 1. The highest BCUT2D eigenvalue weighted by Gasteiger charge is 2.19. The number of sulfonamides is 1. The first-order valence-electron chi connectivity index (χ1n) is 5.71. The van der Waals surface area contributed by atoms with Crippen LogP contribution in [0.2, 0.25) is 0 Å². The van der Waals surface area contributed by atoms with Crippen molar-refractivity contribution in [1.29, 1.82) is 0 Å². The third kappa shape index (κ3) is 4.63. The van der Waals surface area contributed by atoms with Crippen LogP contribution in [0.25, 0.3) is 0 Å². The van der Waals surface area contributed by atoms with Crippen LogP contribution in [-0.4, -0.2) is 19.2 Å². The molecule has 0 aromatic carbocycles. The van der Waals surface area contributed by atoms with E-state index in [0.717, 1.165) is 12.1 Å². The molecule has 1 N–H and O–H groups in total. The van der Waals surface area contributed by atoms with E-state index in [1.54, 1.807) is 0 Å². The van der Waals surface area contributed by atoms with Crippen molar-refractivity contribution in [2.75, 3.05) is 10.5 Å². The van der Waals surface area contributed by atoms with Gasteiger partial charge in [0.05, 0.1) is 11.4 Å². The average molecular weight is 276 g/mol. The number of aromatic nitrogens is 1. The van der Waals surface area contributed by atoms with Crippen LogP contribution in [0.1, 0.15) is 46.2 Å². The fraction of sp³-hybridized carbons (Fsp3) is 0.727. The Balaban J connectivity index is 2.73. The van der Waals surface area contributed by atoms with E-state index in [1.807, 2.05) is 12.3 Å². The Kier molecular flexibility index (Phi) is 4.55. The quantitative estimate of drug-likeness (QED) is 0.899. The molecule has 1 heterocycles. The Hall–Kier alpha value is -0.620. The van der Waals surface area contributed by atoms with E-state index in [1.165, 1.54) is 11.3 Å². The van der Waals surface area contributed by atoms with E-state index in [9.17, 15) is 8.42 Å². The molecule has 1 aromatic heterocycles. The van der Waals surface area contributed by atoms with Gasteiger partial charge in [-0.15, -0.1) is 11.3 Å². The maximum atomic E-state index is 11.7. The Bertz CT molecular complexity index is 458. The Morgan fingerprint density at radius 1 is 1.41 bits per heavy atom. The Morgan fingerprint density at radius 2 is 2.06 bits per heavy atom. The fourth-order valence-electron chi connectivity index (χ4n) is 1.18. The zero-order chi connectivity index (χ0) is 13.1. The lowest BCUT2D eigenvalue weighted by atomic mass is 9.93. The highest BCUT2D eigenvalue weighted by Crippen LogP contribution is 2.26. The SMILES string of the molecule is CCCCS(=O)(=O)Nc1nc(C(C)(C)C)cs1. The maximum Gasteiger partial charge on any atom is 0.234 e. The van der Waals surface area contributed by atoms with Gasteiger partial charge in [0.25, 0.3) is 0 Å². The third-order valence-corrected chi connectivity index (χ3v) is 4.50. The van der Waals surface area contributed by atoms with Gasteiger partial charge in [0.2, 0.25) is 10.0 Å². The zero-order valence-electron chi connectivity index (χ0n) is 10.8. The number of thiazole rings is 1. The van der Waals surface area contributed by atoms with E-state index in [4.69, 9.17) is 0 Å². The van der Waals surface area contributed by atoms with E-state index in [-0.39, 0.29) is 11.2 Å². The largest absolute Gasteiger partial charge is 0.259 e. The molecule has 0 aliphatic rings. The lowest BCUT2D eigenvalue weighted by molar-refractivity contribution is 0.573. The second-order valence-electron chi connectivity index (χ2n) is 5.06. The summed E-state index contributed by atoms with van der Waals surface area (Å²) in [6.45, 7) is 8.13.